The minimum Gasteiger partial charge on any atom is -0.378 e. The molecule has 0 amide bonds. The molecule has 9 heteroatoms. The van der Waals surface area contributed by atoms with Gasteiger partial charge in [0.15, 0.2) is 5.82 Å². The molecule has 0 spiro atoms. The normalized spacial score (nSPS) is 21.1. The third kappa shape index (κ3) is 3.47. The summed E-state index contributed by atoms with van der Waals surface area (Å²) in [4.78, 5) is 4.31. The summed E-state index contributed by atoms with van der Waals surface area (Å²) < 4.78 is 30.0. The molecule has 1 aromatic heterocycles. The first-order valence-electron chi connectivity index (χ1n) is 7.39. The monoisotopic (exact) mass is 327 g/mol. The minimum absolute atomic E-state index is 0.508. The van der Waals surface area contributed by atoms with Crippen LogP contribution in [0.15, 0.2) is 12.3 Å². The van der Waals surface area contributed by atoms with Gasteiger partial charge in [0.25, 0.3) is 0 Å². The zero-order chi connectivity index (χ0) is 15.6. The van der Waals surface area contributed by atoms with Crippen LogP contribution in [0.1, 0.15) is 0 Å². The van der Waals surface area contributed by atoms with Crippen molar-refractivity contribution >= 4 is 21.5 Å². The lowest BCUT2D eigenvalue weighted by Gasteiger charge is -2.35. The van der Waals surface area contributed by atoms with Crippen LogP contribution in [0.2, 0.25) is 0 Å². The Hall–Kier alpha value is -1.45. The van der Waals surface area contributed by atoms with E-state index in [1.165, 1.54) is 10.6 Å². The third-order valence-corrected chi connectivity index (χ3v) is 5.34. The lowest BCUT2D eigenvalue weighted by molar-refractivity contribution is 0.122. The highest BCUT2D eigenvalue weighted by Crippen LogP contribution is 2.21. The minimum atomic E-state index is -3.10. The molecule has 2 fully saturated rings. The molecule has 0 N–H and O–H groups in total. The standard InChI is InChI=1S/C13H21N5O3S/c1-22(19,20)18-4-2-16(3-5-18)12-10-13(15-14-11-12)17-6-8-21-9-7-17/h10-11H,2-9H2,1H3. The molecular formula is C13H21N5O3S. The van der Waals surface area contributed by atoms with Gasteiger partial charge in [-0.25, -0.2) is 8.42 Å². The van der Waals surface area contributed by atoms with E-state index in [9.17, 15) is 8.42 Å². The van der Waals surface area contributed by atoms with Crippen molar-refractivity contribution in [1.29, 1.82) is 0 Å². The smallest absolute Gasteiger partial charge is 0.211 e. The Kier molecular flexibility index (Phi) is 4.46. The fourth-order valence-electron chi connectivity index (χ4n) is 2.74. The molecule has 0 saturated carbocycles. The van der Waals surface area contributed by atoms with E-state index in [2.05, 4.69) is 20.0 Å². The molecule has 0 aromatic carbocycles. The van der Waals surface area contributed by atoms with Crippen LogP contribution in [0.3, 0.4) is 0 Å². The third-order valence-electron chi connectivity index (χ3n) is 4.04. The first-order chi connectivity index (χ1) is 10.5. The molecule has 1 aromatic rings. The second-order valence-electron chi connectivity index (χ2n) is 5.52. The molecule has 0 radical (unpaired) electrons. The number of morpholine rings is 1. The summed E-state index contributed by atoms with van der Waals surface area (Å²) in [5.74, 6) is 0.853. The quantitative estimate of drug-likeness (QED) is 0.733. The van der Waals surface area contributed by atoms with Crippen molar-refractivity contribution in [2.24, 2.45) is 0 Å². The van der Waals surface area contributed by atoms with E-state index >= 15 is 0 Å². The lowest BCUT2D eigenvalue weighted by atomic mass is 10.3. The number of piperazine rings is 1. The molecule has 3 rings (SSSR count). The predicted octanol–water partition coefficient (Wildman–Crippen LogP) is -0.605. The van der Waals surface area contributed by atoms with Crippen LogP contribution in [0.4, 0.5) is 11.5 Å². The van der Waals surface area contributed by atoms with Crippen LogP contribution in [-0.4, -0.2) is 81.7 Å². The molecule has 0 bridgehead atoms. The Labute approximate surface area is 130 Å². The van der Waals surface area contributed by atoms with E-state index < -0.39 is 10.0 Å². The van der Waals surface area contributed by atoms with E-state index in [0.29, 0.717) is 39.4 Å². The Morgan fingerprint density at radius 3 is 2.36 bits per heavy atom. The zero-order valence-corrected chi connectivity index (χ0v) is 13.5. The van der Waals surface area contributed by atoms with Gasteiger partial charge >= 0.3 is 0 Å². The van der Waals surface area contributed by atoms with Crippen molar-refractivity contribution < 1.29 is 13.2 Å². The topological polar surface area (TPSA) is 78.9 Å². The van der Waals surface area contributed by atoms with Crippen molar-refractivity contribution in [3.63, 3.8) is 0 Å². The molecule has 3 heterocycles. The summed E-state index contributed by atoms with van der Waals surface area (Å²) in [6.45, 7) is 5.41. The number of ether oxygens (including phenoxy) is 1. The first-order valence-corrected chi connectivity index (χ1v) is 9.24. The van der Waals surface area contributed by atoms with Crippen LogP contribution >= 0.6 is 0 Å². The Bertz CT molecular complexity index is 610. The van der Waals surface area contributed by atoms with Gasteiger partial charge in [0, 0.05) is 45.3 Å². The largest absolute Gasteiger partial charge is 0.378 e. The molecule has 22 heavy (non-hydrogen) atoms. The van der Waals surface area contributed by atoms with Crippen molar-refractivity contribution in [2.75, 3.05) is 68.5 Å². The van der Waals surface area contributed by atoms with Crippen LogP contribution in [0.5, 0.6) is 0 Å². The average molecular weight is 327 g/mol. The Morgan fingerprint density at radius 1 is 1.05 bits per heavy atom. The van der Waals surface area contributed by atoms with E-state index in [1.807, 2.05) is 6.07 Å². The molecule has 2 saturated heterocycles. The van der Waals surface area contributed by atoms with Gasteiger partial charge in [-0.2, -0.15) is 9.40 Å². The van der Waals surface area contributed by atoms with Gasteiger partial charge < -0.3 is 14.5 Å². The SMILES string of the molecule is CS(=O)(=O)N1CCN(c2cnnc(N3CCOCC3)c2)CC1. The maximum absolute atomic E-state index is 11.6. The maximum Gasteiger partial charge on any atom is 0.211 e. The van der Waals surface area contributed by atoms with E-state index in [4.69, 9.17) is 4.74 Å². The summed E-state index contributed by atoms with van der Waals surface area (Å²) in [5, 5.41) is 8.30. The number of nitrogens with zero attached hydrogens (tertiary/aromatic N) is 5. The van der Waals surface area contributed by atoms with Gasteiger partial charge in [-0.1, -0.05) is 0 Å². The van der Waals surface area contributed by atoms with Crippen LogP contribution in [0, 0.1) is 0 Å². The van der Waals surface area contributed by atoms with Crippen LogP contribution < -0.4 is 9.80 Å². The van der Waals surface area contributed by atoms with E-state index in [-0.39, 0.29) is 0 Å². The Morgan fingerprint density at radius 2 is 1.73 bits per heavy atom. The molecule has 2 aliphatic rings. The summed E-state index contributed by atoms with van der Waals surface area (Å²) in [7, 11) is -3.10. The van der Waals surface area contributed by atoms with Gasteiger partial charge in [-0.05, 0) is 0 Å². The lowest BCUT2D eigenvalue weighted by Crippen LogP contribution is -2.48. The van der Waals surface area contributed by atoms with Crippen molar-refractivity contribution in [2.45, 2.75) is 0 Å². The Balaban J connectivity index is 1.68. The molecule has 0 aliphatic carbocycles. The fourth-order valence-corrected chi connectivity index (χ4v) is 3.57. The van der Waals surface area contributed by atoms with Gasteiger partial charge in [-0.15, -0.1) is 5.10 Å². The summed E-state index contributed by atoms with van der Waals surface area (Å²) in [6, 6.07) is 2.02. The van der Waals surface area contributed by atoms with Gasteiger partial charge in [-0.3, -0.25) is 0 Å². The highest BCUT2D eigenvalue weighted by atomic mass is 32.2. The van der Waals surface area contributed by atoms with Crippen molar-refractivity contribution in [3.8, 4) is 0 Å². The molecule has 0 unspecified atom stereocenters. The number of sulfonamides is 1. The second-order valence-corrected chi connectivity index (χ2v) is 7.50. The van der Waals surface area contributed by atoms with Gasteiger partial charge in [0.05, 0.1) is 31.4 Å². The molecule has 122 valence electrons. The second kappa shape index (κ2) is 6.35. The van der Waals surface area contributed by atoms with E-state index in [1.54, 1.807) is 6.20 Å². The predicted molar refractivity (Wildman–Crippen MR) is 83.7 cm³/mol. The molecular weight excluding hydrogens is 306 g/mol. The van der Waals surface area contributed by atoms with Crippen molar-refractivity contribution in [3.05, 3.63) is 12.3 Å². The highest BCUT2D eigenvalue weighted by molar-refractivity contribution is 7.88. The first kappa shape index (κ1) is 15.4. The maximum atomic E-state index is 11.6. The van der Waals surface area contributed by atoms with Gasteiger partial charge in [0.1, 0.15) is 0 Å². The zero-order valence-electron chi connectivity index (χ0n) is 12.7. The van der Waals surface area contributed by atoms with Gasteiger partial charge in [0.2, 0.25) is 10.0 Å². The highest BCUT2D eigenvalue weighted by Gasteiger charge is 2.24. The van der Waals surface area contributed by atoms with Crippen LogP contribution in [0.25, 0.3) is 0 Å². The number of hydrogen-bond acceptors (Lipinski definition) is 7. The molecule has 0 atom stereocenters. The number of aromatic nitrogens is 2. The summed E-state index contributed by atoms with van der Waals surface area (Å²) in [6.07, 6.45) is 2.99. The molecule has 8 nitrogen and oxygen atoms in total. The fraction of sp³-hybridized carbons (Fsp3) is 0.692. The van der Waals surface area contributed by atoms with E-state index in [0.717, 1.165) is 24.6 Å². The van der Waals surface area contributed by atoms with Crippen molar-refractivity contribution in [1.82, 2.24) is 14.5 Å². The number of hydrogen-bond donors (Lipinski definition) is 0. The molecule has 2 aliphatic heterocycles. The number of anilines is 2. The number of rotatable bonds is 3. The summed E-state index contributed by atoms with van der Waals surface area (Å²) >= 11 is 0. The van der Waals surface area contributed by atoms with Crippen LogP contribution in [-0.2, 0) is 14.8 Å². The summed E-state index contributed by atoms with van der Waals surface area (Å²) in [5.41, 5.74) is 0.990. The average Bonchev–Trinajstić information content (AvgIpc) is 2.55.